The fraction of sp³-hybridized carbons (Fsp3) is 0.393. The Bertz CT molecular complexity index is 1120. The lowest BCUT2D eigenvalue weighted by atomic mass is 10.2. The predicted molar refractivity (Wildman–Crippen MR) is 135 cm³/mol. The highest BCUT2D eigenvalue weighted by atomic mass is 16.5. The Morgan fingerprint density at radius 3 is 2.51 bits per heavy atom. The number of aliphatic hydroxyl groups excluding tert-OH is 1. The van der Waals surface area contributed by atoms with Crippen molar-refractivity contribution in [2.24, 2.45) is 5.92 Å². The standard InChI is InChI=1S/C28H33N3O4/c1-4-16-34-20-24(32)18-30(17-22-10-11-22)19-27-21(2)29-31(23-8-6-5-7-9-23)28(27)35-26-14-12-25(33-3)13-15-26/h1,5-9,12-15,22,24,32H,10-11,16-20H2,2-3H3. The van der Waals surface area contributed by atoms with Crippen LogP contribution in [-0.2, 0) is 11.3 Å². The van der Waals surface area contributed by atoms with E-state index in [9.17, 15) is 5.11 Å². The summed E-state index contributed by atoms with van der Waals surface area (Å²) >= 11 is 0. The molecule has 1 aliphatic carbocycles. The van der Waals surface area contributed by atoms with E-state index in [-0.39, 0.29) is 13.2 Å². The Hall–Kier alpha value is -3.31. The highest BCUT2D eigenvalue weighted by molar-refractivity contribution is 5.44. The molecule has 184 valence electrons. The third-order valence-corrected chi connectivity index (χ3v) is 5.97. The van der Waals surface area contributed by atoms with Crippen LogP contribution in [-0.4, -0.2) is 59.3 Å². The van der Waals surface area contributed by atoms with Crippen molar-refractivity contribution < 1.29 is 19.3 Å². The number of aryl methyl sites for hydroxylation is 1. The molecule has 4 rings (SSSR count). The van der Waals surface area contributed by atoms with E-state index in [0.29, 0.717) is 30.6 Å². The number of hydrogen-bond acceptors (Lipinski definition) is 6. The zero-order chi connectivity index (χ0) is 24.6. The maximum absolute atomic E-state index is 10.6. The summed E-state index contributed by atoms with van der Waals surface area (Å²) in [6.45, 7) is 4.40. The van der Waals surface area contributed by atoms with Crippen molar-refractivity contribution in [2.45, 2.75) is 32.4 Å². The number of terminal acetylenes is 1. The van der Waals surface area contributed by atoms with Crippen LogP contribution in [0, 0.1) is 25.2 Å². The van der Waals surface area contributed by atoms with Crippen LogP contribution in [0.2, 0.25) is 0 Å². The molecule has 1 aromatic heterocycles. The van der Waals surface area contributed by atoms with Crippen LogP contribution in [0.25, 0.3) is 5.69 Å². The van der Waals surface area contributed by atoms with Gasteiger partial charge in [0.2, 0.25) is 5.88 Å². The first-order valence-corrected chi connectivity index (χ1v) is 11.9. The third-order valence-electron chi connectivity index (χ3n) is 5.97. The van der Waals surface area contributed by atoms with Crippen LogP contribution in [0.5, 0.6) is 17.4 Å². The molecule has 1 N–H and O–H groups in total. The van der Waals surface area contributed by atoms with Crippen LogP contribution in [0.3, 0.4) is 0 Å². The maximum atomic E-state index is 10.6. The summed E-state index contributed by atoms with van der Waals surface area (Å²) in [5.74, 6) is 5.22. The molecule has 2 aromatic carbocycles. The van der Waals surface area contributed by atoms with Gasteiger partial charge in [0.1, 0.15) is 18.1 Å². The first kappa shape index (κ1) is 24.8. The van der Waals surface area contributed by atoms with Crippen LogP contribution in [0.15, 0.2) is 54.6 Å². The van der Waals surface area contributed by atoms with Crippen molar-refractivity contribution in [1.29, 1.82) is 0 Å². The second-order valence-corrected chi connectivity index (χ2v) is 8.90. The Morgan fingerprint density at radius 2 is 1.86 bits per heavy atom. The molecule has 1 fully saturated rings. The zero-order valence-electron chi connectivity index (χ0n) is 20.4. The molecule has 0 amide bonds. The maximum Gasteiger partial charge on any atom is 0.227 e. The van der Waals surface area contributed by atoms with Gasteiger partial charge < -0.3 is 19.3 Å². The summed E-state index contributed by atoms with van der Waals surface area (Å²) in [4.78, 5) is 2.27. The van der Waals surface area contributed by atoms with E-state index in [1.165, 1.54) is 12.8 Å². The largest absolute Gasteiger partial charge is 0.497 e. The van der Waals surface area contributed by atoms with Gasteiger partial charge in [-0.25, -0.2) is 4.68 Å². The van der Waals surface area contributed by atoms with E-state index in [0.717, 1.165) is 29.2 Å². The van der Waals surface area contributed by atoms with E-state index in [1.807, 2.05) is 66.2 Å². The molecule has 35 heavy (non-hydrogen) atoms. The quantitative estimate of drug-likeness (QED) is 0.295. The van der Waals surface area contributed by atoms with Gasteiger partial charge in [-0.15, -0.1) is 6.42 Å². The lowest BCUT2D eigenvalue weighted by Gasteiger charge is -2.25. The van der Waals surface area contributed by atoms with Crippen molar-refractivity contribution in [2.75, 3.05) is 33.4 Å². The number of benzene rings is 2. The Morgan fingerprint density at radius 1 is 1.14 bits per heavy atom. The van der Waals surface area contributed by atoms with Gasteiger partial charge in [-0.2, -0.15) is 5.10 Å². The monoisotopic (exact) mass is 475 g/mol. The Labute approximate surface area is 207 Å². The number of rotatable bonds is 13. The molecule has 7 heteroatoms. The SMILES string of the molecule is C#CCOCC(O)CN(Cc1c(C)nn(-c2ccccc2)c1Oc1ccc(OC)cc1)CC1CC1. The van der Waals surface area contributed by atoms with Crippen molar-refractivity contribution in [3.05, 3.63) is 65.9 Å². The van der Waals surface area contributed by atoms with Crippen LogP contribution in [0.1, 0.15) is 24.1 Å². The topological polar surface area (TPSA) is 69.0 Å². The van der Waals surface area contributed by atoms with Gasteiger partial charge in [0, 0.05) is 19.6 Å². The van der Waals surface area contributed by atoms with Gasteiger partial charge in [0.05, 0.1) is 36.8 Å². The fourth-order valence-electron chi connectivity index (χ4n) is 4.02. The number of aliphatic hydroxyl groups is 1. The summed E-state index contributed by atoms with van der Waals surface area (Å²) in [5.41, 5.74) is 2.79. The smallest absolute Gasteiger partial charge is 0.227 e. The lowest BCUT2D eigenvalue weighted by Crippen LogP contribution is -2.36. The van der Waals surface area contributed by atoms with Crippen LogP contribution >= 0.6 is 0 Å². The average molecular weight is 476 g/mol. The van der Waals surface area contributed by atoms with E-state index in [2.05, 4.69) is 10.8 Å². The summed E-state index contributed by atoms with van der Waals surface area (Å²) in [7, 11) is 1.64. The number of para-hydroxylation sites is 1. The minimum atomic E-state index is -0.627. The summed E-state index contributed by atoms with van der Waals surface area (Å²) in [6, 6.07) is 17.5. The van der Waals surface area contributed by atoms with Crippen molar-refractivity contribution >= 4 is 0 Å². The summed E-state index contributed by atoms with van der Waals surface area (Å²) in [5, 5.41) is 15.4. The fourth-order valence-corrected chi connectivity index (χ4v) is 4.02. The van der Waals surface area contributed by atoms with Gasteiger partial charge in [0.15, 0.2) is 0 Å². The number of hydrogen-bond donors (Lipinski definition) is 1. The second-order valence-electron chi connectivity index (χ2n) is 8.90. The first-order valence-electron chi connectivity index (χ1n) is 11.9. The van der Waals surface area contributed by atoms with Crippen molar-refractivity contribution in [3.8, 4) is 35.4 Å². The molecule has 1 unspecified atom stereocenters. The Balaban J connectivity index is 1.62. The van der Waals surface area contributed by atoms with Crippen molar-refractivity contribution in [1.82, 2.24) is 14.7 Å². The van der Waals surface area contributed by atoms with Gasteiger partial charge in [-0.05, 0) is 62.1 Å². The summed E-state index contributed by atoms with van der Waals surface area (Å²) in [6.07, 6.45) is 7.07. The molecule has 0 spiro atoms. The van der Waals surface area contributed by atoms with Gasteiger partial charge in [0.25, 0.3) is 0 Å². The normalized spacial score (nSPS) is 14.0. The molecule has 1 saturated carbocycles. The van der Waals surface area contributed by atoms with E-state index in [1.54, 1.807) is 7.11 Å². The van der Waals surface area contributed by atoms with E-state index >= 15 is 0 Å². The third kappa shape index (κ3) is 6.86. The zero-order valence-corrected chi connectivity index (χ0v) is 20.4. The first-order chi connectivity index (χ1) is 17.1. The minimum Gasteiger partial charge on any atom is -0.497 e. The number of methoxy groups -OCH3 is 1. The minimum absolute atomic E-state index is 0.197. The Kier molecular flexibility index (Phi) is 8.43. The van der Waals surface area contributed by atoms with Crippen molar-refractivity contribution in [3.63, 3.8) is 0 Å². The molecule has 0 saturated heterocycles. The van der Waals surface area contributed by atoms with Crippen LogP contribution in [0.4, 0.5) is 0 Å². The molecule has 3 aromatic rings. The number of ether oxygens (including phenoxy) is 3. The lowest BCUT2D eigenvalue weighted by molar-refractivity contribution is 0.0250. The van der Waals surface area contributed by atoms with Gasteiger partial charge >= 0.3 is 0 Å². The molecule has 7 nitrogen and oxygen atoms in total. The molecule has 0 aliphatic heterocycles. The predicted octanol–water partition coefficient (Wildman–Crippen LogP) is 4.20. The van der Waals surface area contributed by atoms with Crippen LogP contribution < -0.4 is 9.47 Å². The van der Waals surface area contributed by atoms with E-state index in [4.69, 9.17) is 25.7 Å². The molecular formula is C28H33N3O4. The molecule has 0 bridgehead atoms. The van der Waals surface area contributed by atoms with E-state index < -0.39 is 6.10 Å². The average Bonchev–Trinajstić information content (AvgIpc) is 3.64. The second kappa shape index (κ2) is 11.9. The molecule has 0 radical (unpaired) electrons. The molecular weight excluding hydrogens is 442 g/mol. The molecule has 1 aliphatic rings. The number of aromatic nitrogens is 2. The number of nitrogens with zero attached hydrogens (tertiary/aromatic N) is 3. The highest BCUT2D eigenvalue weighted by Crippen LogP contribution is 2.34. The highest BCUT2D eigenvalue weighted by Gasteiger charge is 2.28. The van der Waals surface area contributed by atoms with Gasteiger partial charge in [-0.3, -0.25) is 4.90 Å². The molecule has 1 atom stereocenters. The molecule has 1 heterocycles. The summed E-state index contributed by atoms with van der Waals surface area (Å²) < 4.78 is 18.9. The van der Waals surface area contributed by atoms with Gasteiger partial charge in [-0.1, -0.05) is 24.1 Å².